The van der Waals surface area contributed by atoms with Crippen molar-refractivity contribution in [3.8, 4) is 0 Å². The van der Waals surface area contributed by atoms with Gasteiger partial charge in [-0.05, 0) is 31.6 Å². The SMILES string of the molecule is C=CCC(CBr)C[C@H]1CCCO1. The lowest BCUT2D eigenvalue weighted by atomic mass is 9.99. The summed E-state index contributed by atoms with van der Waals surface area (Å²) in [6, 6.07) is 0. The van der Waals surface area contributed by atoms with E-state index in [1.165, 1.54) is 19.3 Å². The quantitative estimate of drug-likeness (QED) is 0.523. The molecule has 0 saturated carbocycles. The smallest absolute Gasteiger partial charge is 0.0579 e. The highest BCUT2D eigenvalue weighted by atomic mass is 79.9. The molecule has 2 atom stereocenters. The second-order valence-corrected chi connectivity index (χ2v) is 4.06. The second kappa shape index (κ2) is 5.76. The zero-order valence-electron chi connectivity index (χ0n) is 7.47. The molecule has 70 valence electrons. The molecule has 1 aliphatic heterocycles. The molecule has 1 heterocycles. The molecule has 0 aromatic rings. The summed E-state index contributed by atoms with van der Waals surface area (Å²) in [6.45, 7) is 4.73. The van der Waals surface area contributed by atoms with Crippen LogP contribution in [0, 0.1) is 5.92 Å². The van der Waals surface area contributed by atoms with Gasteiger partial charge in [-0.1, -0.05) is 22.0 Å². The van der Waals surface area contributed by atoms with E-state index in [0.717, 1.165) is 18.4 Å². The highest BCUT2D eigenvalue weighted by molar-refractivity contribution is 9.09. The normalized spacial score (nSPS) is 25.6. The molecule has 1 saturated heterocycles. The summed E-state index contributed by atoms with van der Waals surface area (Å²) < 4.78 is 5.58. The third-order valence-electron chi connectivity index (χ3n) is 2.34. The Labute approximate surface area is 83.3 Å². The molecular formula is C10H17BrO. The van der Waals surface area contributed by atoms with Gasteiger partial charge >= 0.3 is 0 Å². The Balaban J connectivity index is 2.20. The van der Waals surface area contributed by atoms with E-state index in [2.05, 4.69) is 22.5 Å². The molecule has 2 heteroatoms. The van der Waals surface area contributed by atoms with Crippen LogP contribution in [0.5, 0.6) is 0 Å². The van der Waals surface area contributed by atoms with Gasteiger partial charge in [-0.15, -0.1) is 6.58 Å². The van der Waals surface area contributed by atoms with Crippen molar-refractivity contribution < 1.29 is 4.74 Å². The van der Waals surface area contributed by atoms with E-state index < -0.39 is 0 Å². The highest BCUT2D eigenvalue weighted by Crippen LogP contribution is 2.23. The van der Waals surface area contributed by atoms with Crippen molar-refractivity contribution in [3.05, 3.63) is 12.7 Å². The fourth-order valence-corrected chi connectivity index (χ4v) is 2.19. The Kier molecular flexibility index (Phi) is 4.93. The number of rotatable bonds is 5. The number of hydrogen-bond donors (Lipinski definition) is 0. The third-order valence-corrected chi connectivity index (χ3v) is 3.25. The van der Waals surface area contributed by atoms with E-state index in [1.54, 1.807) is 0 Å². The lowest BCUT2D eigenvalue weighted by molar-refractivity contribution is 0.0928. The highest BCUT2D eigenvalue weighted by Gasteiger charge is 2.19. The fourth-order valence-electron chi connectivity index (χ4n) is 1.66. The zero-order valence-corrected chi connectivity index (χ0v) is 9.05. The summed E-state index contributed by atoms with van der Waals surface area (Å²) in [5, 5.41) is 1.07. The molecule has 0 aliphatic carbocycles. The Morgan fingerprint density at radius 2 is 2.50 bits per heavy atom. The summed E-state index contributed by atoms with van der Waals surface area (Å²) in [6.07, 6.45) is 7.31. The first-order valence-corrected chi connectivity index (χ1v) is 5.77. The minimum absolute atomic E-state index is 0.521. The van der Waals surface area contributed by atoms with Gasteiger partial charge in [0.15, 0.2) is 0 Å². The predicted octanol–water partition coefficient (Wildman–Crippen LogP) is 3.14. The standard InChI is InChI=1S/C10H17BrO/c1-2-4-9(8-11)7-10-5-3-6-12-10/h2,9-10H,1,3-8H2/t9?,10-/m1/s1. The van der Waals surface area contributed by atoms with Crippen LogP contribution in [-0.2, 0) is 4.74 Å². The first kappa shape index (κ1) is 10.3. The summed E-state index contributed by atoms with van der Waals surface area (Å²) >= 11 is 3.52. The van der Waals surface area contributed by atoms with Gasteiger partial charge in [0.2, 0.25) is 0 Å². The van der Waals surface area contributed by atoms with Gasteiger partial charge < -0.3 is 4.74 Å². The first-order chi connectivity index (χ1) is 5.86. The van der Waals surface area contributed by atoms with Crippen LogP contribution in [0.15, 0.2) is 12.7 Å². The van der Waals surface area contributed by atoms with Gasteiger partial charge in [0, 0.05) is 11.9 Å². The van der Waals surface area contributed by atoms with Crippen molar-refractivity contribution in [2.45, 2.75) is 31.8 Å². The van der Waals surface area contributed by atoms with Gasteiger partial charge in [-0.2, -0.15) is 0 Å². The van der Waals surface area contributed by atoms with Crippen LogP contribution in [0.4, 0.5) is 0 Å². The summed E-state index contributed by atoms with van der Waals surface area (Å²) in [5.41, 5.74) is 0. The van der Waals surface area contributed by atoms with Crippen molar-refractivity contribution in [2.75, 3.05) is 11.9 Å². The Morgan fingerprint density at radius 1 is 1.67 bits per heavy atom. The Morgan fingerprint density at radius 3 is 3.00 bits per heavy atom. The van der Waals surface area contributed by atoms with Gasteiger partial charge in [-0.25, -0.2) is 0 Å². The van der Waals surface area contributed by atoms with E-state index in [-0.39, 0.29) is 0 Å². The molecule has 0 radical (unpaired) electrons. The van der Waals surface area contributed by atoms with Crippen molar-refractivity contribution in [1.82, 2.24) is 0 Å². The average Bonchev–Trinajstić information content (AvgIpc) is 2.56. The van der Waals surface area contributed by atoms with Crippen molar-refractivity contribution >= 4 is 15.9 Å². The molecule has 0 bridgehead atoms. The molecule has 0 N–H and O–H groups in total. The van der Waals surface area contributed by atoms with E-state index in [9.17, 15) is 0 Å². The van der Waals surface area contributed by atoms with Crippen LogP contribution in [-0.4, -0.2) is 18.0 Å². The molecule has 0 aromatic carbocycles. The van der Waals surface area contributed by atoms with Crippen LogP contribution in [0.1, 0.15) is 25.7 Å². The van der Waals surface area contributed by atoms with Crippen LogP contribution in [0.25, 0.3) is 0 Å². The minimum atomic E-state index is 0.521. The molecule has 1 rings (SSSR count). The van der Waals surface area contributed by atoms with Gasteiger partial charge in [0.1, 0.15) is 0 Å². The van der Waals surface area contributed by atoms with Crippen LogP contribution in [0.3, 0.4) is 0 Å². The molecule has 1 fully saturated rings. The van der Waals surface area contributed by atoms with E-state index in [0.29, 0.717) is 12.0 Å². The number of halogens is 1. The van der Waals surface area contributed by atoms with Crippen molar-refractivity contribution in [2.24, 2.45) is 5.92 Å². The molecule has 1 nitrogen and oxygen atoms in total. The lowest BCUT2D eigenvalue weighted by Crippen LogP contribution is -2.13. The van der Waals surface area contributed by atoms with Crippen LogP contribution < -0.4 is 0 Å². The molecule has 0 aromatic heterocycles. The summed E-state index contributed by atoms with van der Waals surface area (Å²) in [4.78, 5) is 0. The minimum Gasteiger partial charge on any atom is -0.378 e. The number of hydrogen-bond acceptors (Lipinski definition) is 1. The van der Waals surface area contributed by atoms with Crippen molar-refractivity contribution in [1.29, 1.82) is 0 Å². The van der Waals surface area contributed by atoms with Gasteiger partial charge in [-0.3, -0.25) is 0 Å². The number of ether oxygens (including phenoxy) is 1. The molecular weight excluding hydrogens is 216 g/mol. The van der Waals surface area contributed by atoms with Gasteiger partial charge in [0.25, 0.3) is 0 Å². The first-order valence-electron chi connectivity index (χ1n) is 4.65. The Hall–Kier alpha value is 0.180. The van der Waals surface area contributed by atoms with E-state index in [4.69, 9.17) is 4.74 Å². The maximum absolute atomic E-state index is 5.58. The second-order valence-electron chi connectivity index (χ2n) is 3.42. The van der Waals surface area contributed by atoms with Crippen molar-refractivity contribution in [3.63, 3.8) is 0 Å². The Bertz CT molecular complexity index is 130. The average molecular weight is 233 g/mol. The zero-order chi connectivity index (χ0) is 8.81. The van der Waals surface area contributed by atoms with Gasteiger partial charge in [0.05, 0.1) is 6.10 Å². The number of alkyl halides is 1. The maximum atomic E-state index is 5.58. The maximum Gasteiger partial charge on any atom is 0.0579 e. The van der Waals surface area contributed by atoms with Crippen LogP contribution >= 0.6 is 15.9 Å². The molecule has 1 aliphatic rings. The monoisotopic (exact) mass is 232 g/mol. The van der Waals surface area contributed by atoms with E-state index in [1.807, 2.05) is 6.08 Å². The fraction of sp³-hybridized carbons (Fsp3) is 0.800. The summed E-state index contributed by atoms with van der Waals surface area (Å²) in [7, 11) is 0. The summed E-state index contributed by atoms with van der Waals surface area (Å²) in [5.74, 6) is 0.714. The van der Waals surface area contributed by atoms with E-state index >= 15 is 0 Å². The van der Waals surface area contributed by atoms with Crippen LogP contribution in [0.2, 0.25) is 0 Å². The third kappa shape index (κ3) is 3.28. The largest absolute Gasteiger partial charge is 0.378 e. The lowest BCUT2D eigenvalue weighted by Gasteiger charge is -2.16. The topological polar surface area (TPSA) is 9.23 Å². The molecule has 0 spiro atoms. The molecule has 0 amide bonds. The number of allylic oxidation sites excluding steroid dienone is 1. The molecule has 12 heavy (non-hydrogen) atoms. The predicted molar refractivity (Wildman–Crippen MR) is 55.7 cm³/mol. The molecule has 1 unspecified atom stereocenters.